The van der Waals surface area contributed by atoms with E-state index in [-0.39, 0.29) is 21.7 Å². The van der Waals surface area contributed by atoms with Crippen LogP contribution in [0.1, 0.15) is 133 Å². The molecule has 0 saturated heterocycles. The highest BCUT2D eigenvalue weighted by atomic mass is 19.2. The standard InChI is InChI=1S/C80H75BF2N2O2/c1-77(2,3)59-41-36-52(37-42-59)50-28-32-54(33-29-50)67-49-65(56-20-18-22-61(46-56)79(7,8)9)76(85(67)81(82)83)73(64-25-15-16-26-68(64)86-13)75-72(57-21-19-23-62(47-57)80(10,11)12)71(58-40-45-70-66(48-58)63-24-14-17-27-69(63)87-70)74(84-75)55-34-30-51(31-35-55)53-38-43-60(44-39-53)78(4,5)6/h14-49H,1-13H3/b75-73-. The molecule has 0 spiro atoms. The summed E-state index contributed by atoms with van der Waals surface area (Å²) in [7, 11) is -1.36. The van der Waals surface area contributed by atoms with Gasteiger partial charge in [-0.25, -0.2) is 4.99 Å². The van der Waals surface area contributed by atoms with Crippen molar-refractivity contribution in [1.82, 2.24) is 4.48 Å². The number of fused-ring (bicyclic) bond motifs is 3. The first-order valence-electron chi connectivity index (χ1n) is 30.3. The van der Waals surface area contributed by atoms with Gasteiger partial charge in [0, 0.05) is 49.9 Å². The Labute approximate surface area is 512 Å². The van der Waals surface area contributed by atoms with Gasteiger partial charge >= 0.3 is 7.40 Å². The Bertz CT molecular complexity index is 4510. The van der Waals surface area contributed by atoms with Gasteiger partial charge in [0.2, 0.25) is 0 Å². The van der Waals surface area contributed by atoms with Gasteiger partial charge in [-0.3, -0.25) is 8.63 Å². The fourth-order valence-corrected chi connectivity index (χ4v) is 12.2. The number of rotatable bonds is 11. The molecule has 87 heavy (non-hydrogen) atoms. The Hall–Kier alpha value is -9.07. The Balaban J connectivity index is 1.21. The second kappa shape index (κ2) is 22.3. The molecular formula is C80H75BF2N2O2. The molecule has 1 aliphatic rings. The Morgan fingerprint density at radius 1 is 0.414 bits per heavy atom. The first-order chi connectivity index (χ1) is 41.4. The summed E-state index contributed by atoms with van der Waals surface area (Å²) in [5, 5.41) is 1.95. The lowest BCUT2D eigenvalue weighted by Gasteiger charge is -2.23. The van der Waals surface area contributed by atoms with E-state index < -0.39 is 7.40 Å². The van der Waals surface area contributed by atoms with Crippen LogP contribution in [0, 0.1) is 0 Å². The number of ether oxygens (including phenoxy) is 1. The van der Waals surface area contributed by atoms with E-state index in [9.17, 15) is 0 Å². The van der Waals surface area contributed by atoms with E-state index in [4.69, 9.17) is 14.1 Å². The third-order valence-electron chi connectivity index (χ3n) is 17.3. The van der Waals surface area contributed by atoms with E-state index in [0.29, 0.717) is 50.8 Å². The minimum absolute atomic E-state index is 0.00195. The second-order valence-electron chi connectivity index (χ2n) is 27.4. The number of hydrogen-bond acceptors (Lipinski definition) is 3. The number of para-hydroxylation sites is 2. The monoisotopic (exact) mass is 1140 g/mol. The largest absolute Gasteiger partial charge is 0.678 e. The van der Waals surface area contributed by atoms with E-state index in [1.165, 1.54) is 15.6 Å². The Morgan fingerprint density at radius 2 is 0.874 bits per heavy atom. The van der Waals surface area contributed by atoms with E-state index in [0.717, 1.165) is 88.7 Å². The van der Waals surface area contributed by atoms with Gasteiger partial charge in [-0.05, 0) is 119 Å². The normalized spacial score (nSPS) is 13.9. The Morgan fingerprint density at radius 3 is 1.43 bits per heavy atom. The lowest BCUT2D eigenvalue weighted by molar-refractivity contribution is 0.413. The number of nitrogens with zero attached hydrogens (tertiary/aromatic N) is 2. The van der Waals surface area contributed by atoms with Crippen molar-refractivity contribution in [2.45, 2.75) is 105 Å². The van der Waals surface area contributed by atoms with Gasteiger partial charge in [0.25, 0.3) is 0 Å². The SMILES string of the molecule is COc1ccccc1/C(=C1/N=C(c2ccc(-c3ccc(C(C)(C)C)cc3)cc2)C(c2ccc3oc4ccccc4c3c2)=C1c1cccc(C(C)(C)C)c1)c1c(-c2cccc(C(C)(C)C)c2)cc(-c2ccc(-c3ccc(C(C)(C)C)cc3)cc2)n1B(F)F. The van der Waals surface area contributed by atoms with Crippen molar-refractivity contribution in [3.8, 4) is 50.4 Å². The number of methoxy groups -OCH3 is 1. The van der Waals surface area contributed by atoms with E-state index in [1.54, 1.807) is 7.11 Å². The van der Waals surface area contributed by atoms with Crippen LogP contribution in [-0.4, -0.2) is 24.7 Å². The average molecular weight is 1150 g/mol. The molecule has 4 nitrogen and oxygen atoms in total. The zero-order chi connectivity index (χ0) is 61.3. The molecule has 0 radical (unpaired) electrons. The first-order valence-corrected chi connectivity index (χ1v) is 30.3. The number of benzene rings is 9. The maximum atomic E-state index is 17.4. The highest BCUT2D eigenvalue weighted by molar-refractivity contribution is 6.44. The van der Waals surface area contributed by atoms with Crippen molar-refractivity contribution >= 4 is 51.8 Å². The molecule has 0 aliphatic carbocycles. The fraction of sp³-hybridized carbons (Fsp3) is 0.212. The van der Waals surface area contributed by atoms with Crippen LogP contribution in [0.3, 0.4) is 0 Å². The summed E-state index contributed by atoms with van der Waals surface area (Å²) < 4.78 is 49.0. The summed E-state index contributed by atoms with van der Waals surface area (Å²) >= 11 is 0. The van der Waals surface area contributed by atoms with Crippen LogP contribution in [0.4, 0.5) is 8.63 Å². The molecule has 0 N–H and O–H groups in total. The number of aromatic nitrogens is 1. The highest BCUT2D eigenvalue weighted by Gasteiger charge is 2.38. The van der Waals surface area contributed by atoms with Crippen LogP contribution in [0.15, 0.2) is 233 Å². The molecule has 0 amide bonds. The van der Waals surface area contributed by atoms with E-state index in [1.807, 2.05) is 91.0 Å². The van der Waals surface area contributed by atoms with Crippen LogP contribution in [0.25, 0.3) is 83.3 Å². The van der Waals surface area contributed by atoms with Crippen LogP contribution >= 0.6 is 0 Å². The lowest BCUT2D eigenvalue weighted by atomic mass is 9.82. The molecule has 11 aromatic rings. The van der Waals surface area contributed by atoms with Gasteiger partial charge in [-0.15, -0.1) is 0 Å². The zero-order valence-corrected chi connectivity index (χ0v) is 52.3. The molecular weight excluding hydrogens is 1070 g/mol. The van der Waals surface area contributed by atoms with Gasteiger partial charge in [-0.2, -0.15) is 0 Å². The van der Waals surface area contributed by atoms with Crippen molar-refractivity contribution < 1.29 is 17.8 Å². The second-order valence-corrected chi connectivity index (χ2v) is 27.4. The number of furan rings is 1. The predicted molar refractivity (Wildman–Crippen MR) is 363 cm³/mol. The summed E-state index contributed by atoms with van der Waals surface area (Å²) in [5.74, 6) is 0.515. The first kappa shape index (κ1) is 58.3. The smallest absolute Gasteiger partial charge is 0.496 e. The molecule has 0 fully saturated rings. The third-order valence-corrected chi connectivity index (χ3v) is 17.3. The van der Waals surface area contributed by atoms with Gasteiger partial charge in [-0.1, -0.05) is 271 Å². The maximum absolute atomic E-state index is 17.4. The summed E-state index contributed by atoms with van der Waals surface area (Å²) in [6.07, 6.45) is 0. The highest BCUT2D eigenvalue weighted by Crippen LogP contribution is 2.52. The van der Waals surface area contributed by atoms with Crippen molar-refractivity contribution in [1.29, 1.82) is 0 Å². The van der Waals surface area contributed by atoms with Gasteiger partial charge < -0.3 is 13.6 Å². The van der Waals surface area contributed by atoms with Crippen molar-refractivity contribution in [2.75, 3.05) is 7.11 Å². The molecule has 7 heteroatoms. The third kappa shape index (κ3) is 11.3. The van der Waals surface area contributed by atoms with E-state index >= 15 is 8.63 Å². The summed E-state index contributed by atoms with van der Waals surface area (Å²) in [6, 6.07) is 75.4. The molecule has 0 unspecified atom stereocenters. The van der Waals surface area contributed by atoms with E-state index in [2.05, 4.69) is 210 Å². The van der Waals surface area contributed by atoms with Crippen LogP contribution < -0.4 is 4.74 Å². The molecule has 434 valence electrons. The molecule has 2 aromatic heterocycles. The molecule has 3 heterocycles. The number of aliphatic imine (C=N–C) groups is 1. The number of allylic oxidation sites excluding steroid dienone is 2. The molecule has 0 atom stereocenters. The van der Waals surface area contributed by atoms with Crippen LogP contribution in [-0.2, 0) is 21.7 Å². The van der Waals surface area contributed by atoms with Gasteiger partial charge in [0.1, 0.15) is 16.9 Å². The molecule has 0 bridgehead atoms. The fourth-order valence-electron chi connectivity index (χ4n) is 12.2. The zero-order valence-electron chi connectivity index (χ0n) is 52.3. The minimum atomic E-state index is -3.01. The minimum Gasteiger partial charge on any atom is -0.496 e. The summed E-state index contributed by atoms with van der Waals surface area (Å²) in [6.45, 7) is 26.5. The van der Waals surface area contributed by atoms with Crippen molar-refractivity contribution in [3.63, 3.8) is 0 Å². The molecule has 12 rings (SSSR count). The molecule has 1 aliphatic heterocycles. The number of halogens is 2. The molecule has 0 saturated carbocycles. The number of hydrogen-bond donors (Lipinski definition) is 0. The van der Waals surface area contributed by atoms with Gasteiger partial charge in [0.15, 0.2) is 0 Å². The van der Waals surface area contributed by atoms with Crippen LogP contribution in [0.5, 0.6) is 5.75 Å². The average Bonchev–Trinajstić information content (AvgIpc) is 2.03. The lowest BCUT2D eigenvalue weighted by Crippen LogP contribution is -2.18. The van der Waals surface area contributed by atoms with Crippen molar-refractivity contribution in [2.24, 2.45) is 4.99 Å². The molecule has 9 aromatic carbocycles. The van der Waals surface area contributed by atoms with Gasteiger partial charge in [0.05, 0.1) is 24.2 Å². The maximum Gasteiger partial charge on any atom is 0.678 e. The topological polar surface area (TPSA) is 39.7 Å². The summed E-state index contributed by atoms with van der Waals surface area (Å²) in [4.78, 5) is 5.99. The van der Waals surface area contributed by atoms with Crippen LogP contribution in [0.2, 0.25) is 0 Å². The quantitative estimate of drug-likeness (QED) is 0.121. The predicted octanol–water partition coefficient (Wildman–Crippen LogP) is 21.9. The summed E-state index contributed by atoms with van der Waals surface area (Å²) in [5.41, 5.74) is 19.4. The Kier molecular flexibility index (Phi) is 15.0. The van der Waals surface area contributed by atoms with Crippen molar-refractivity contribution in [3.05, 3.63) is 274 Å².